The third-order valence-electron chi connectivity index (χ3n) is 2.32. The van der Waals surface area contributed by atoms with Gasteiger partial charge in [-0.2, -0.15) is 5.26 Å². The highest BCUT2D eigenvalue weighted by Gasteiger charge is 2.21. The fourth-order valence-corrected chi connectivity index (χ4v) is 2.05. The number of hydrogen-bond acceptors (Lipinski definition) is 4. The quantitative estimate of drug-likeness (QED) is 0.458. The Morgan fingerprint density at radius 3 is 2.72 bits per heavy atom. The zero-order chi connectivity index (χ0) is 13.4. The SMILES string of the molecule is Cc1ccc(C[C@H](SC#N)C(=O)OCCCl)cc1. The van der Waals surface area contributed by atoms with Gasteiger partial charge in [0.2, 0.25) is 0 Å². The standard InChI is InChI=1S/C13H14ClNO2S/c1-10-2-4-11(5-3-10)8-12(18-9-15)13(16)17-7-6-14/h2-5,12H,6-8H2,1H3/t12-/m0/s1. The van der Waals surface area contributed by atoms with Crippen LogP contribution in [-0.2, 0) is 16.0 Å². The second-order valence-electron chi connectivity index (χ2n) is 3.74. The molecule has 0 saturated heterocycles. The molecule has 0 aromatic heterocycles. The number of esters is 1. The molecule has 0 aliphatic carbocycles. The minimum atomic E-state index is -0.499. The first-order valence-corrected chi connectivity index (χ1v) is 6.91. The van der Waals surface area contributed by atoms with Crippen LogP contribution in [0.4, 0.5) is 0 Å². The lowest BCUT2D eigenvalue weighted by atomic mass is 10.1. The monoisotopic (exact) mass is 283 g/mol. The van der Waals surface area contributed by atoms with E-state index in [0.717, 1.165) is 22.9 Å². The molecule has 5 heteroatoms. The number of halogens is 1. The average Bonchev–Trinajstić information content (AvgIpc) is 2.38. The van der Waals surface area contributed by atoms with Gasteiger partial charge in [0.1, 0.15) is 17.3 Å². The first kappa shape index (κ1) is 14.9. The Bertz CT molecular complexity index is 428. The van der Waals surface area contributed by atoms with Gasteiger partial charge in [0.05, 0.1) is 5.88 Å². The fourth-order valence-electron chi connectivity index (χ4n) is 1.41. The summed E-state index contributed by atoms with van der Waals surface area (Å²) in [6.07, 6.45) is 0.486. The maximum Gasteiger partial charge on any atom is 0.320 e. The maximum absolute atomic E-state index is 11.7. The van der Waals surface area contributed by atoms with Crippen LogP contribution in [0.25, 0.3) is 0 Å². The van der Waals surface area contributed by atoms with E-state index >= 15 is 0 Å². The van der Waals surface area contributed by atoms with Crippen molar-refractivity contribution < 1.29 is 9.53 Å². The van der Waals surface area contributed by atoms with Crippen molar-refractivity contribution in [3.05, 3.63) is 35.4 Å². The molecule has 1 rings (SSSR count). The van der Waals surface area contributed by atoms with Crippen LogP contribution >= 0.6 is 23.4 Å². The molecule has 0 aliphatic heterocycles. The number of carbonyl (C=O) groups is 1. The molecule has 18 heavy (non-hydrogen) atoms. The lowest BCUT2D eigenvalue weighted by molar-refractivity contribution is -0.142. The van der Waals surface area contributed by atoms with Gasteiger partial charge < -0.3 is 4.74 Å². The van der Waals surface area contributed by atoms with Crippen molar-refractivity contribution in [1.82, 2.24) is 0 Å². The molecular formula is C13H14ClNO2S. The summed E-state index contributed by atoms with van der Waals surface area (Å²) >= 11 is 6.38. The van der Waals surface area contributed by atoms with Crippen LogP contribution in [0, 0.1) is 17.6 Å². The Labute approximate surface area is 116 Å². The van der Waals surface area contributed by atoms with Crippen molar-refractivity contribution in [2.75, 3.05) is 12.5 Å². The number of thiocyanates is 1. The van der Waals surface area contributed by atoms with Gasteiger partial charge in [0.15, 0.2) is 0 Å². The van der Waals surface area contributed by atoms with E-state index in [1.165, 1.54) is 0 Å². The highest BCUT2D eigenvalue weighted by atomic mass is 35.5. The van der Waals surface area contributed by atoms with Crippen LogP contribution in [0.5, 0.6) is 0 Å². The minimum Gasteiger partial charge on any atom is -0.464 e. The number of rotatable bonds is 6. The Morgan fingerprint density at radius 2 is 2.17 bits per heavy atom. The number of alkyl halides is 1. The third kappa shape index (κ3) is 4.99. The average molecular weight is 284 g/mol. The molecule has 0 unspecified atom stereocenters. The number of nitriles is 1. The van der Waals surface area contributed by atoms with Crippen LogP contribution in [0.3, 0.4) is 0 Å². The molecule has 0 spiro atoms. The van der Waals surface area contributed by atoms with Crippen molar-refractivity contribution in [2.24, 2.45) is 0 Å². The summed E-state index contributed by atoms with van der Waals surface area (Å²) < 4.78 is 4.96. The zero-order valence-electron chi connectivity index (χ0n) is 10.1. The molecule has 0 aliphatic rings. The van der Waals surface area contributed by atoms with Gasteiger partial charge in [0.25, 0.3) is 0 Å². The third-order valence-corrected chi connectivity index (χ3v) is 3.22. The molecule has 1 aromatic carbocycles. The summed E-state index contributed by atoms with van der Waals surface area (Å²) in [5.74, 6) is -0.122. The number of carbonyl (C=O) groups excluding carboxylic acids is 1. The van der Waals surface area contributed by atoms with E-state index in [1.807, 2.05) is 36.6 Å². The van der Waals surface area contributed by atoms with E-state index < -0.39 is 5.25 Å². The van der Waals surface area contributed by atoms with E-state index in [2.05, 4.69) is 0 Å². The Kier molecular flexibility index (Phi) is 6.63. The van der Waals surface area contributed by atoms with Crippen molar-refractivity contribution in [3.8, 4) is 5.40 Å². The van der Waals surface area contributed by atoms with Crippen LogP contribution in [0.1, 0.15) is 11.1 Å². The molecule has 1 aromatic rings. The molecule has 0 fully saturated rings. The van der Waals surface area contributed by atoms with E-state index in [-0.39, 0.29) is 18.5 Å². The van der Waals surface area contributed by atoms with Gasteiger partial charge in [-0.1, -0.05) is 29.8 Å². The van der Waals surface area contributed by atoms with Crippen molar-refractivity contribution in [3.63, 3.8) is 0 Å². The number of aryl methyl sites for hydroxylation is 1. The smallest absolute Gasteiger partial charge is 0.320 e. The van der Waals surface area contributed by atoms with Gasteiger partial charge >= 0.3 is 5.97 Å². The number of ether oxygens (including phenoxy) is 1. The topological polar surface area (TPSA) is 50.1 Å². The summed E-state index contributed by atoms with van der Waals surface area (Å²) in [7, 11) is 0. The molecule has 96 valence electrons. The van der Waals surface area contributed by atoms with Gasteiger partial charge in [0, 0.05) is 0 Å². The normalized spacial score (nSPS) is 11.6. The lowest BCUT2D eigenvalue weighted by Gasteiger charge is -2.12. The number of hydrogen-bond donors (Lipinski definition) is 0. The van der Waals surface area contributed by atoms with Gasteiger partial charge in [-0.25, -0.2) is 0 Å². The summed E-state index contributed by atoms with van der Waals surface area (Å²) in [5, 5.41) is 10.2. The number of thioether (sulfide) groups is 1. The van der Waals surface area contributed by atoms with Crippen LogP contribution in [0.15, 0.2) is 24.3 Å². The molecule has 0 amide bonds. The molecule has 1 atom stereocenters. The van der Waals surface area contributed by atoms with Crippen molar-refractivity contribution in [1.29, 1.82) is 5.26 Å². The van der Waals surface area contributed by atoms with Gasteiger partial charge in [-0.05, 0) is 30.7 Å². The second-order valence-corrected chi connectivity index (χ2v) is 5.11. The predicted molar refractivity (Wildman–Crippen MR) is 73.6 cm³/mol. The number of benzene rings is 1. The predicted octanol–water partition coefficient (Wildman–Crippen LogP) is 2.90. The first-order chi connectivity index (χ1) is 8.67. The van der Waals surface area contributed by atoms with E-state index in [0.29, 0.717) is 6.42 Å². The molecule has 3 nitrogen and oxygen atoms in total. The Balaban J connectivity index is 2.65. The summed E-state index contributed by atoms with van der Waals surface area (Å²) in [5.41, 5.74) is 2.17. The van der Waals surface area contributed by atoms with Crippen molar-refractivity contribution >= 4 is 29.3 Å². The van der Waals surface area contributed by atoms with E-state index in [1.54, 1.807) is 0 Å². The molecular weight excluding hydrogens is 270 g/mol. The maximum atomic E-state index is 11.7. The number of nitrogens with zero attached hydrogens (tertiary/aromatic N) is 1. The highest BCUT2D eigenvalue weighted by Crippen LogP contribution is 2.17. The molecule has 0 N–H and O–H groups in total. The van der Waals surface area contributed by atoms with Crippen molar-refractivity contribution in [2.45, 2.75) is 18.6 Å². The highest BCUT2D eigenvalue weighted by molar-refractivity contribution is 8.04. The summed E-state index contributed by atoms with van der Waals surface area (Å²) in [4.78, 5) is 11.7. The largest absolute Gasteiger partial charge is 0.464 e. The molecule has 0 heterocycles. The van der Waals surface area contributed by atoms with Crippen LogP contribution in [-0.4, -0.2) is 23.7 Å². The Morgan fingerprint density at radius 1 is 1.50 bits per heavy atom. The fraction of sp³-hybridized carbons (Fsp3) is 0.385. The van der Waals surface area contributed by atoms with Gasteiger partial charge in [-0.15, -0.1) is 11.6 Å². The van der Waals surface area contributed by atoms with Gasteiger partial charge in [-0.3, -0.25) is 4.79 Å². The van der Waals surface area contributed by atoms with E-state index in [9.17, 15) is 4.79 Å². The second kappa shape index (κ2) is 8.02. The lowest BCUT2D eigenvalue weighted by Crippen LogP contribution is -2.23. The van der Waals surface area contributed by atoms with E-state index in [4.69, 9.17) is 21.6 Å². The van der Waals surface area contributed by atoms with Crippen LogP contribution < -0.4 is 0 Å². The molecule has 0 saturated carbocycles. The zero-order valence-corrected chi connectivity index (χ0v) is 11.6. The first-order valence-electron chi connectivity index (χ1n) is 5.50. The summed E-state index contributed by atoms with van der Waals surface area (Å²) in [6.45, 7) is 2.18. The minimum absolute atomic E-state index is 0.177. The Hall–Kier alpha value is -1.18. The van der Waals surface area contributed by atoms with Crippen LogP contribution in [0.2, 0.25) is 0 Å². The molecule has 0 bridgehead atoms. The summed E-state index contributed by atoms with van der Waals surface area (Å²) in [6, 6.07) is 7.87. The molecule has 0 radical (unpaired) electrons.